The van der Waals surface area contributed by atoms with Gasteiger partial charge in [-0.1, -0.05) is 5.92 Å². The Kier molecular flexibility index (Phi) is 5.24. The highest BCUT2D eigenvalue weighted by molar-refractivity contribution is 7.51. The molecular weight excluding hydrogens is 327 g/mol. The molecule has 3 N–H and O–H groups in total. The molecule has 0 aromatic carbocycles. The molecule has 4 atom stereocenters. The van der Waals surface area contributed by atoms with E-state index < -0.39 is 43.9 Å². The summed E-state index contributed by atoms with van der Waals surface area (Å²) in [6, 6.07) is 0. The maximum absolute atomic E-state index is 11.9. The van der Waals surface area contributed by atoms with Gasteiger partial charge in [-0.3, -0.25) is 18.9 Å². The van der Waals surface area contributed by atoms with Gasteiger partial charge < -0.3 is 19.3 Å². The number of aliphatic hydroxyl groups excluding tert-OH is 1. The third kappa shape index (κ3) is 4.19. The molecule has 2 rings (SSSR count). The topological polar surface area (TPSA) is 131 Å². The maximum atomic E-state index is 11.9. The summed E-state index contributed by atoms with van der Waals surface area (Å²) in [6.07, 6.45) is -1.26. The summed E-state index contributed by atoms with van der Waals surface area (Å²) in [4.78, 5) is 35.0. The SMILES string of the molecule is CC#Cc1cn([C@H]2C[C@@H](OP(C)(=O)O)[C@@H](CO)O2)c(=O)[nH]c1=O. The summed E-state index contributed by atoms with van der Waals surface area (Å²) < 4.78 is 23.0. The van der Waals surface area contributed by atoms with Gasteiger partial charge in [0, 0.05) is 19.3 Å². The zero-order valence-corrected chi connectivity index (χ0v) is 13.4. The molecule has 0 aliphatic carbocycles. The Morgan fingerprint density at radius 1 is 1.57 bits per heavy atom. The number of nitrogens with zero attached hydrogens (tertiary/aromatic N) is 1. The first-order chi connectivity index (χ1) is 10.7. The molecule has 0 amide bonds. The average Bonchev–Trinajstić information content (AvgIpc) is 2.82. The van der Waals surface area contributed by atoms with E-state index in [9.17, 15) is 24.2 Å². The number of aromatic amines is 1. The van der Waals surface area contributed by atoms with Gasteiger partial charge in [0.15, 0.2) is 0 Å². The summed E-state index contributed by atoms with van der Waals surface area (Å²) in [7, 11) is -3.78. The largest absolute Gasteiger partial charge is 0.394 e. The van der Waals surface area contributed by atoms with E-state index in [4.69, 9.17) is 9.26 Å². The number of rotatable bonds is 4. The Bertz CT molecular complexity index is 797. The molecule has 10 heteroatoms. The molecule has 23 heavy (non-hydrogen) atoms. The third-order valence-electron chi connectivity index (χ3n) is 3.23. The van der Waals surface area contributed by atoms with Crippen molar-refractivity contribution in [2.45, 2.75) is 31.8 Å². The van der Waals surface area contributed by atoms with Gasteiger partial charge in [-0.25, -0.2) is 4.79 Å². The summed E-state index contributed by atoms with van der Waals surface area (Å²) in [6.45, 7) is 2.13. The van der Waals surface area contributed by atoms with Gasteiger partial charge in [0.05, 0.1) is 12.7 Å². The molecule has 1 aromatic heterocycles. The van der Waals surface area contributed by atoms with Gasteiger partial charge in [-0.2, -0.15) is 0 Å². The first-order valence-electron chi connectivity index (χ1n) is 6.78. The highest BCUT2D eigenvalue weighted by atomic mass is 31.2. The normalized spacial score (nSPS) is 26.3. The van der Waals surface area contributed by atoms with E-state index in [-0.39, 0.29) is 12.0 Å². The summed E-state index contributed by atoms with van der Waals surface area (Å²) >= 11 is 0. The van der Waals surface area contributed by atoms with E-state index in [0.29, 0.717) is 0 Å². The van der Waals surface area contributed by atoms with Gasteiger partial charge >= 0.3 is 13.3 Å². The Balaban J connectivity index is 2.34. The second-order valence-electron chi connectivity index (χ2n) is 5.08. The predicted octanol–water partition coefficient (Wildman–Crippen LogP) is -0.612. The standard InChI is InChI=1S/C13H17N2O7P/c1-3-4-8-6-15(13(18)14-12(8)17)11-5-9(10(7-16)21-11)22-23(2,19)20/h6,9-11,16H,5,7H2,1-2H3,(H,19,20)(H,14,17,18)/t9-,10-,11-/m1/s1. The van der Waals surface area contributed by atoms with E-state index in [0.717, 1.165) is 11.2 Å². The molecule has 0 bridgehead atoms. The van der Waals surface area contributed by atoms with Crippen LogP contribution in [0.15, 0.2) is 15.8 Å². The lowest BCUT2D eigenvalue weighted by atomic mass is 10.2. The zero-order valence-electron chi connectivity index (χ0n) is 12.6. The van der Waals surface area contributed by atoms with Crippen LogP contribution in [0.2, 0.25) is 0 Å². The van der Waals surface area contributed by atoms with Crippen molar-refractivity contribution in [3.63, 3.8) is 0 Å². The molecule has 1 fully saturated rings. The Labute approximate surface area is 131 Å². The van der Waals surface area contributed by atoms with Crippen LogP contribution >= 0.6 is 7.60 Å². The maximum Gasteiger partial charge on any atom is 0.330 e. The molecule has 0 spiro atoms. The smallest absolute Gasteiger partial charge is 0.330 e. The van der Waals surface area contributed by atoms with Gasteiger partial charge in [-0.15, -0.1) is 5.92 Å². The molecular formula is C13H17N2O7P. The number of aliphatic hydroxyl groups is 1. The lowest BCUT2D eigenvalue weighted by Crippen LogP contribution is -2.33. The van der Waals surface area contributed by atoms with Crippen LogP contribution in [0.3, 0.4) is 0 Å². The van der Waals surface area contributed by atoms with Crippen LogP contribution in [-0.2, 0) is 13.8 Å². The van der Waals surface area contributed by atoms with Crippen molar-refractivity contribution in [1.82, 2.24) is 9.55 Å². The fourth-order valence-corrected chi connectivity index (χ4v) is 3.04. The minimum atomic E-state index is -3.78. The van der Waals surface area contributed by atoms with Crippen LogP contribution in [0.1, 0.15) is 25.1 Å². The first-order valence-corrected chi connectivity index (χ1v) is 8.81. The van der Waals surface area contributed by atoms with Crippen LogP contribution in [0, 0.1) is 11.8 Å². The fraction of sp³-hybridized carbons (Fsp3) is 0.538. The molecule has 1 aromatic rings. The number of aromatic nitrogens is 2. The highest BCUT2D eigenvalue weighted by Gasteiger charge is 2.39. The van der Waals surface area contributed by atoms with Crippen molar-refractivity contribution in [1.29, 1.82) is 0 Å². The summed E-state index contributed by atoms with van der Waals surface area (Å²) in [5.41, 5.74) is -1.23. The van der Waals surface area contributed by atoms with Gasteiger partial charge in [0.2, 0.25) is 0 Å². The van der Waals surface area contributed by atoms with Crippen molar-refractivity contribution in [3.05, 3.63) is 32.6 Å². The highest BCUT2D eigenvalue weighted by Crippen LogP contribution is 2.43. The van der Waals surface area contributed by atoms with E-state index in [1.807, 2.05) is 0 Å². The Hall–Kier alpha value is -1.69. The first kappa shape index (κ1) is 17.7. The molecule has 1 aliphatic rings. The molecule has 0 saturated carbocycles. The second kappa shape index (κ2) is 6.83. The van der Waals surface area contributed by atoms with Crippen LogP contribution in [-0.4, -0.2) is 45.0 Å². The van der Waals surface area contributed by atoms with Crippen molar-refractivity contribution >= 4 is 7.60 Å². The number of ether oxygens (including phenoxy) is 1. The molecule has 1 saturated heterocycles. The van der Waals surface area contributed by atoms with Crippen molar-refractivity contribution < 1.29 is 23.8 Å². The molecule has 1 aliphatic heterocycles. The molecule has 9 nitrogen and oxygen atoms in total. The number of H-pyrrole nitrogens is 1. The van der Waals surface area contributed by atoms with Crippen LogP contribution < -0.4 is 11.2 Å². The zero-order chi connectivity index (χ0) is 17.2. The van der Waals surface area contributed by atoms with Crippen LogP contribution in [0.4, 0.5) is 0 Å². The number of hydrogen-bond acceptors (Lipinski definition) is 6. The van der Waals surface area contributed by atoms with Crippen molar-refractivity contribution in [2.24, 2.45) is 0 Å². The van der Waals surface area contributed by atoms with Gasteiger partial charge in [0.1, 0.15) is 17.9 Å². The van der Waals surface area contributed by atoms with E-state index in [2.05, 4.69) is 16.8 Å². The van der Waals surface area contributed by atoms with E-state index >= 15 is 0 Å². The van der Waals surface area contributed by atoms with E-state index in [1.54, 1.807) is 6.92 Å². The summed E-state index contributed by atoms with van der Waals surface area (Å²) in [5.74, 6) is 5.13. The monoisotopic (exact) mass is 344 g/mol. The lowest BCUT2D eigenvalue weighted by molar-refractivity contribution is -0.0430. The third-order valence-corrected chi connectivity index (χ3v) is 3.89. The average molecular weight is 344 g/mol. The van der Waals surface area contributed by atoms with Gasteiger partial charge in [-0.05, 0) is 6.92 Å². The fourth-order valence-electron chi connectivity index (χ4n) is 2.32. The molecule has 0 radical (unpaired) electrons. The lowest BCUT2D eigenvalue weighted by Gasteiger charge is -2.17. The molecule has 126 valence electrons. The van der Waals surface area contributed by atoms with Gasteiger partial charge in [0.25, 0.3) is 5.56 Å². The quantitative estimate of drug-likeness (QED) is 0.490. The number of nitrogens with one attached hydrogen (secondary N) is 1. The Morgan fingerprint density at radius 3 is 2.83 bits per heavy atom. The van der Waals surface area contributed by atoms with Crippen molar-refractivity contribution in [2.75, 3.05) is 13.3 Å². The van der Waals surface area contributed by atoms with E-state index in [1.165, 1.54) is 6.20 Å². The predicted molar refractivity (Wildman–Crippen MR) is 80.1 cm³/mol. The minimum Gasteiger partial charge on any atom is -0.394 e. The second-order valence-corrected chi connectivity index (χ2v) is 6.90. The molecule has 1 unspecified atom stereocenters. The van der Waals surface area contributed by atoms with Crippen LogP contribution in [0.5, 0.6) is 0 Å². The van der Waals surface area contributed by atoms with Crippen LogP contribution in [0.25, 0.3) is 0 Å². The van der Waals surface area contributed by atoms with Crippen molar-refractivity contribution in [3.8, 4) is 11.8 Å². The Morgan fingerprint density at radius 2 is 2.26 bits per heavy atom. The number of hydrogen-bond donors (Lipinski definition) is 3. The molecule has 2 heterocycles. The summed E-state index contributed by atoms with van der Waals surface area (Å²) in [5, 5.41) is 9.31. The minimum absolute atomic E-state index is 0.0640.